The van der Waals surface area contributed by atoms with Crippen LogP contribution in [0.4, 0.5) is 5.69 Å². The number of hydrogen-bond acceptors (Lipinski definition) is 6. The molecule has 0 saturated carbocycles. The SMILES string of the molecule is O=C(Cc1ccc2c(c1)OCCO2)NCc1cccc(NC(=O)Cc2ccc3c(c2)OCCO3)c1. The van der Waals surface area contributed by atoms with Crippen molar-refractivity contribution in [2.75, 3.05) is 31.7 Å². The Bertz CT molecular complexity index is 1240. The van der Waals surface area contributed by atoms with Crippen LogP contribution < -0.4 is 29.6 Å². The molecule has 3 aromatic carbocycles. The standard InChI is InChI=1S/C27H26N2O6/c30-26(15-18-4-6-22-24(13-18)34-10-8-32-22)28-17-20-2-1-3-21(12-20)29-27(31)16-19-5-7-23-25(14-19)35-11-9-33-23/h1-7,12-14H,8-11,15-17H2,(H,28,30)(H,29,31). The van der Waals surface area contributed by atoms with Gasteiger partial charge < -0.3 is 29.6 Å². The number of fused-ring (bicyclic) bond motifs is 2. The molecule has 8 heteroatoms. The summed E-state index contributed by atoms with van der Waals surface area (Å²) in [7, 11) is 0. The summed E-state index contributed by atoms with van der Waals surface area (Å²) in [5.41, 5.74) is 3.25. The van der Waals surface area contributed by atoms with Crippen LogP contribution in [0, 0.1) is 0 Å². The van der Waals surface area contributed by atoms with Crippen molar-refractivity contribution in [2.24, 2.45) is 0 Å². The second-order valence-corrected chi connectivity index (χ2v) is 8.33. The lowest BCUT2D eigenvalue weighted by Crippen LogP contribution is -2.25. The lowest BCUT2D eigenvalue weighted by Gasteiger charge is -2.18. The molecule has 2 aliphatic rings. The summed E-state index contributed by atoms with van der Waals surface area (Å²) < 4.78 is 22.2. The highest BCUT2D eigenvalue weighted by Gasteiger charge is 2.15. The zero-order chi connectivity index (χ0) is 24.0. The molecule has 0 atom stereocenters. The first-order chi connectivity index (χ1) is 17.1. The van der Waals surface area contributed by atoms with Gasteiger partial charge in [-0.15, -0.1) is 0 Å². The lowest BCUT2D eigenvalue weighted by atomic mass is 10.1. The van der Waals surface area contributed by atoms with Crippen molar-refractivity contribution in [3.05, 3.63) is 77.4 Å². The normalized spacial score (nSPS) is 13.6. The maximum Gasteiger partial charge on any atom is 0.228 e. The van der Waals surface area contributed by atoms with E-state index >= 15 is 0 Å². The molecule has 2 heterocycles. The minimum atomic E-state index is -0.138. The van der Waals surface area contributed by atoms with Gasteiger partial charge in [-0.3, -0.25) is 9.59 Å². The molecule has 2 aliphatic heterocycles. The van der Waals surface area contributed by atoms with Gasteiger partial charge in [0, 0.05) is 12.2 Å². The molecular weight excluding hydrogens is 448 g/mol. The maximum absolute atomic E-state index is 12.6. The van der Waals surface area contributed by atoms with E-state index in [2.05, 4.69) is 10.6 Å². The Morgan fingerprint density at radius 2 is 1.20 bits per heavy atom. The zero-order valence-corrected chi connectivity index (χ0v) is 19.2. The molecule has 2 N–H and O–H groups in total. The number of benzene rings is 3. The highest BCUT2D eigenvalue weighted by atomic mass is 16.6. The number of rotatable bonds is 7. The Morgan fingerprint density at radius 3 is 1.83 bits per heavy atom. The van der Waals surface area contributed by atoms with Crippen LogP contribution in [0.25, 0.3) is 0 Å². The molecule has 0 radical (unpaired) electrons. The van der Waals surface area contributed by atoms with Crippen LogP contribution in [-0.4, -0.2) is 38.2 Å². The minimum absolute atomic E-state index is 0.102. The quantitative estimate of drug-likeness (QED) is 0.546. The third-order valence-electron chi connectivity index (χ3n) is 5.64. The van der Waals surface area contributed by atoms with E-state index < -0.39 is 0 Å². The van der Waals surface area contributed by atoms with Crippen LogP contribution in [0.5, 0.6) is 23.0 Å². The van der Waals surface area contributed by atoms with Gasteiger partial charge in [0.1, 0.15) is 26.4 Å². The molecule has 180 valence electrons. The fourth-order valence-corrected chi connectivity index (χ4v) is 3.99. The third kappa shape index (κ3) is 5.84. The van der Waals surface area contributed by atoms with E-state index in [1.165, 1.54) is 0 Å². The van der Waals surface area contributed by atoms with Crippen molar-refractivity contribution in [3.8, 4) is 23.0 Å². The average Bonchev–Trinajstić information content (AvgIpc) is 2.87. The first kappa shape index (κ1) is 22.6. The number of ether oxygens (including phenoxy) is 4. The molecule has 3 aromatic rings. The Balaban J connectivity index is 1.13. The average molecular weight is 475 g/mol. The second-order valence-electron chi connectivity index (χ2n) is 8.33. The Hall–Kier alpha value is -4.20. The van der Waals surface area contributed by atoms with E-state index in [1.807, 2.05) is 60.7 Å². The van der Waals surface area contributed by atoms with Gasteiger partial charge in [-0.1, -0.05) is 24.3 Å². The summed E-state index contributed by atoms with van der Waals surface area (Å²) in [4.78, 5) is 25.0. The smallest absolute Gasteiger partial charge is 0.228 e. The summed E-state index contributed by atoms with van der Waals surface area (Å²) >= 11 is 0. The predicted octanol–water partition coefficient (Wildman–Crippen LogP) is 3.27. The monoisotopic (exact) mass is 474 g/mol. The number of anilines is 1. The van der Waals surface area contributed by atoms with E-state index in [-0.39, 0.29) is 24.7 Å². The van der Waals surface area contributed by atoms with E-state index in [0.717, 1.165) is 16.7 Å². The zero-order valence-electron chi connectivity index (χ0n) is 19.2. The predicted molar refractivity (Wildman–Crippen MR) is 129 cm³/mol. The molecule has 35 heavy (non-hydrogen) atoms. The molecule has 0 aliphatic carbocycles. The fourth-order valence-electron chi connectivity index (χ4n) is 3.99. The summed E-state index contributed by atoms with van der Waals surface area (Å²) in [5, 5.41) is 5.85. The van der Waals surface area contributed by atoms with Gasteiger partial charge in [-0.2, -0.15) is 0 Å². The van der Waals surface area contributed by atoms with Crippen molar-refractivity contribution < 1.29 is 28.5 Å². The van der Waals surface area contributed by atoms with Gasteiger partial charge in [0.2, 0.25) is 11.8 Å². The maximum atomic E-state index is 12.6. The first-order valence-electron chi connectivity index (χ1n) is 11.5. The molecule has 0 bridgehead atoms. The molecular formula is C27H26N2O6. The Morgan fingerprint density at radius 1 is 0.629 bits per heavy atom. The van der Waals surface area contributed by atoms with E-state index in [1.54, 1.807) is 0 Å². The minimum Gasteiger partial charge on any atom is -0.486 e. The van der Waals surface area contributed by atoms with Crippen LogP contribution in [0.1, 0.15) is 16.7 Å². The van der Waals surface area contributed by atoms with Crippen LogP contribution in [0.3, 0.4) is 0 Å². The molecule has 5 rings (SSSR count). The van der Waals surface area contributed by atoms with Crippen LogP contribution in [-0.2, 0) is 29.0 Å². The largest absolute Gasteiger partial charge is 0.486 e. The van der Waals surface area contributed by atoms with Crippen LogP contribution in [0.2, 0.25) is 0 Å². The van der Waals surface area contributed by atoms with Gasteiger partial charge in [-0.05, 0) is 53.1 Å². The van der Waals surface area contributed by atoms with Gasteiger partial charge >= 0.3 is 0 Å². The second kappa shape index (κ2) is 10.4. The van der Waals surface area contributed by atoms with Crippen LogP contribution >= 0.6 is 0 Å². The lowest BCUT2D eigenvalue weighted by molar-refractivity contribution is -0.120. The number of carbonyl (C=O) groups is 2. The van der Waals surface area contributed by atoms with Crippen molar-refractivity contribution in [3.63, 3.8) is 0 Å². The van der Waals surface area contributed by atoms with Crippen molar-refractivity contribution in [1.82, 2.24) is 5.32 Å². The van der Waals surface area contributed by atoms with Gasteiger partial charge in [0.25, 0.3) is 0 Å². The van der Waals surface area contributed by atoms with Crippen molar-refractivity contribution in [2.45, 2.75) is 19.4 Å². The topological polar surface area (TPSA) is 95.1 Å². The third-order valence-corrected chi connectivity index (χ3v) is 5.64. The highest BCUT2D eigenvalue weighted by Crippen LogP contribution is 2.31. The number of amides is 2. The fraction of sp³-hybridized carbons (Fsp3) is 0.259. The van der Waals surface area contributed by atoms with E-state index in [9.17, 15) is 9.59 Å². The molecule has 2 amide bonds. The molecule has 0 aromatic heterocycles. The molecule has 0 unspecified atom stereocenters. The Labute approximate surface area is 203 Å². The summed E-state index contributed by atoms with van der Waals surface area (Å²) in [6, 6.07) is 18.5. The van der Waals surface area contributed by atoms with Crippen molar-refractivity contribution in [1.29, 1.82) is 0 Å². The van der Waals surface area contributed by atoms with E-state index in [4.69, 9.17) is 18.9 Å². The van der Waals surface area contributed by atoms with Crippen LogP contribution in [0.15, 0.2) is 60.7 Å². The molecule has 8 nitrogen and oxygen atoms in total. The molecule has 0 fully saturated rings. The summed E-state index contributed by atoms with van der Waals surface area (Å²) in [6.07, 6.45) is 0.454. The summed E-state index contributed by atoms with van der Waals surface area (Å²) in [6.45, 7) is 2.43. The van der Waals surface area contributed by atoms with E-state index in [0.29, 0.717) is 61.7 Å². The highest BCUT2D eigenvalue weighted by molar-refractivity contribution is 5.92. The number of nitrogens with one attached hydrogen (secondary N) is 2. The molecule has 0 spiro atoms. The van der Waals surface area contributed by atoms with Gasteiger partial charge in [0.15, 0.2) is 23.0 Å². The van der Waals surface area contributed by atoms with Gasteiger partial charge in [-0.25, -0.2) is 0 Å². The summed E-state index contributed by atoms with van der Waals surface area (Å²) in [5.74, 6) is 2.49. The Kier molecular flexibility index (Phi) is 6.70. The van der Waals surface area contributed by atoms with Gasteiger partial charge in [0.05, 0.1) is 12.8 Å². The number of carbonyl (C=O) groups excluding carboxylic acids is 2. The van der Waals surface area contributed by atoms with Crippen molar-refractivity contribution >= 4 is 17.5 Å². The number of hydrogen-bond donors (Lipinski definition) is 2. The first-order valence-corrected chi connectivity index (χ1v) is 11.5. The molecule has 0 saturated heterocycles.